The Balaban J connectivity index is 1.51. The zero-order chi connectivity index (χ0) is 20.6. The summed E-state index contributed by atoms with van der Waals surface area (Å²) in [6, 6.07) is 20.8. The molecular formula is C22H20Cl2N2O3. The van der Waals surface area contributed by atoms with Gasteiger partial charge in [-0.25, -0.2) is 0 Å². The summed E-state index contributed by atoms with van der Waals surface area (Å²) in [7, 11) is 0. The third kappa shape index (κ3) is 6.48. The smallest absolute Gasteiger partial charge is 0.243 e. The first-order valence-corrected chi connectivity index (χ1v) is 9.68. The Morgan fingerprint density at radius 3 is 2.41 bits per heavy atom. The van der Waals surface area contributed by atoms with Gasteiger partial charge in [-0.1, -0.05) is 53.5 Å². The maximum atomic E-state index is 12.3. The van der Waals surface area contributed by atoms with E-state index in [9.17, 15) is 4.79 Å². The van der Waals surface area contributed by atoms with Crippen molar-refractivity contribution < 1.29 is 14.3 Å². The lowest BCUT2D eigenvalue weighted by molar-refractivity contribution is -0.118. The molecule has 0 aromatic heterocycles. The Kier molecular flexibility index (Phi) is 7.49. The van der Waals surface area contributed by atoms with E-state index >= 15 is 0 Å². The van der Waals surface area contributed by atoms with Gasteiger partial charge in [0.15, 0.2) is 0 Å². The molecule has 3 rings (SSSR count). The highest BCUT2D eigenvalue weighted by atomic mass is 35.5. The van der Waals surface area contributed by atoms with Crippen molar-refractivity contribution >= 4 is 34.8 Å². The highest BCUT2D eigenvalue weighted by Crippen LogP contribution is 2.32. The van der Waals surface area contributed by atoms with Gasteiger partial charge < -0.3 is 20.5 Å². The maximum Gasteiger partial charge on any atom is 0.243 e. The second-order valence-electron chi connectivity index (χ2n) is 6.30. The summed E-state index contributed by atoms with van der Waals surface area (Å²) in [5.74, 6) is 0.702. The highest BCUT2D eigenvalue weighted by molar-refractivity contribution is 6.32. The van der Waals surface area contributed by atoms with E-state index in [4.69, 9.17) is 38.4 Å². The number of benzene rings is 3. The minimum absolute atomic E-state index is 0.103. The normalized spacial score (nSPS) is 11.7. The molecule has 1 atom stereocenters. The first kappa shape index (κ1) is 21.1. The number of nitrogens with one attached hydrogen (secondary N) is 1. The lowest BCUT2D eigenvalue weighted by Gasteiger charge is -2.14. The zero-order valence-corrected chi connectivity index (χ0v) is 17.0. The van der Waals surface area contributed by atoms with Crippen LogP contribution in [0, 0.1) is 0 Å². The van der Waals surface area contributed by atoms with Crippen LogP contribution in [0.5, 0.6) is 11.5 Å². The van der Waals surface area contributed by atoms with Crippen LogP contribution in [-0.4, -0.2) is 18.6 Å². The highest BCUT2D eigenvalue weighted by Gasteiger charge is 2.15. The number of anilines is 1. The molecule has 3 N–H and O–H groups in total. The van der Waals surface area contributed by atoms with Crippen molar-refractivity contribution in [1.82, 2.24) is 0 Å². The van der Waals surface area contributed by atoms with E-state index in [1.807, 2.05) is 30.3 Å². The number of carbonyl (C=O) groups is 1. The number of halogens is 2. The summed E-state index contributed by atoms with van der Waals surface area (Å²) in [5.41, 5.74) is 7.44. The van der Waals surface area contributed by atoms with Crippen LogP contribution in [0.3, 0.4) is 0 Å². The van der Waals surface area contributed by atoms with E-state index in [-0.39, 0.29) is 12.5 Å². The molecule has 0 heterocycles. The molecule has 0 saturated carbocycles. The lowest BCUT2D eigenvalue weighted by atomic mass is 10.2. The monoisotopic (exact) mass is 430 g/mol. The van der Waals surface area contributed by atoms with Crippen LogP contribution < -0.4 is 15.8 Å². The number of nitrogens with two attached hydrogens (primary N) is 1. The van der Waals surface area contributed by atoms with Crippen molar-refractivity contribution in [3.8, 4) is 11.5 Å². The van der Waals surface area contributed by atoms with Crippen LogP contribution >= 0.6 is 23.2 Å². The fourth-order valence-electron chi connectivity index (χ4n) is 2.48. The van der Waals surface area contributed by atoms with E-state index < -0.39 is 6.04 Å². The SMILES string of the molecule is N[C@@H](COCc1ccccc1)C(=O)Nc1ccc(Oc2ccc(Cl)cc2)c(Cl)c1. The predicted octanol–water partition coefficient (Wildman–Crippen LogP) is 5.27. The molecule has 3 aromatic carbocycles. The molecule has 7 heteroatoms. The van der Waals surface area contributed by atoms with Gasteiger partial charge in [0.05, 0.1) is 18.2 Å². The van der Waals surface area contributed by atoms with Crippen molar-refractivity contribution in [3.05, 3.63) is 88.4 Å². The summed E-state index contributed by atoms with van der Waals surface area (Å²) in [4.78, 5) is 12.3. The lowest BCUT2D eigenvalue weighted by Crippen LogP contribution is -2.39. The van der Waals surface area contributed by atoms with Gasteiger partial charge in [0.1, 0.15) is 17.5 Å². The number of ether oxygens (including phenoxy) is 2. The Morgan fingerprint density at radius 1 is 1.00 bits per heavy atom. The summed E-state index contributed by atoms with van der Waals surface area (Å²) >= 11 is 12.1. The Morgan fingerprint density at radius 2 is 1.72 bits per heavy atom. The van der Waals surface area contributed by atoms with Crippen LogP contribution in [0.2, 0.25) is 10.0 Å². The quantitative estimate of drug-likeness (QED) is 0.510. The molecule has 29 heavy (non-hydrogen) atoms. The fraction of sp³-hybridized carbons (Fsp3) is 0.136. The van der Waals surface area contributed by atoms with Crippen LogP contribution in [-0.2, 0) is 16.1 Å². The second-order valence-corrected chi connectivity index (χ2v) is 7.14. The summed E-state index contributed by atoms with van der Waals surface area (Å²) in [5, 5.41) is 3.70. The van der Waals surface area contributed by atoms with E-state index in [2.05, 4.69) is 5.32 Å². The Bertz CT molecular complexity index is 950. The summed E-state index contributed by atoms with van der Waals surface area (Å²) in [6.45, 7) is 0.497. The number of hydrogen-bond acceptors (Lipinski definition) is 4. The topological polar surface area (TPSA) is 73.6 Å². The van der Waals surface area contributed by atoms with Crippen LogP contribution in [0.15, 0.2) is 72.8 Å². The maximum absolute atomic E-state index is 12.3. The van der Waals surface area contributed by atoms with Crippen molar-refractivity contribution in [3.63, 3.8) is 0 Å². The molecule has 0 unspecified atom stereocenters. The van der Waals surface area contributed by atoms with Gasteiger partial charge in [-0.05, 0) is 48.0 Å². The fourth-order valence-corrected chi connectivity index (χ4v) is 2.82. The van der Waals surface area contributed by atoms with Gasteiger partial charge in [0.2, 0.25) is 5.91 Å². The standard InChI is InChI=1S/C22H20Cl2N2O3/c23-16-6-9-18(10-7-16)29-21-11-8-17(12-19(21)24)26-22(27)20(25)14-28-13-15-4-2-1-3-5-15/h1-12,20H,13-14,25H2,(H,26,27)/t20-/m0/s1. The first-order valence-electron chi connectivity index (χ1n) is 8.92. The van der Waals surface area contributed by atoms with Crippen molar-refractivity contribution in [2.75, 3.05) is 11.9 Å². The molecule has 0 aliphatic heterocycles. The van der Waals surface area contributed by atoms with E-state index in [0.29, 0.717) is 33.8 Å². The van der Waals surface area contributed by atoms with Gasteiger partial charge in [-0.3, -0.25) is 4.79 Å². The number of rotatable bonds is 8. The van der Waals surface area contributed by atoms with Gasteiger partial charge in [-0.2, -0.15) is 0 Å². The predicted molar refractivity (Wildman–Crippen MR) is 116 cm³/mol. The van der Waals surface area contributed by atoms with E-state index in [0.717, 1.165) is 5.56 Å². The van der Waals surface area contributed by atoms with E-state index in [1.54, 1.807) is 42.5 Å². The Hall–Kier alpha value is -2.57. The minimum atomic E-state index is -0.803. The van der Waals surface area contributed by atoms with Gasteiger partial charge in [0.25, 0.3) is 0 Å². The molecule has 1 amide bonds. The largest absolute Gasteiger partial charge is 0.456 e. The van der Waals surface area contributed by atoms with Crippen LogP contribution in [0.25, 0.3) is 0 Å². The average molecular weight is 431 g/mol. The van der Waals surface area contributed by atoms with E-state index in [1.165, 1.54) is 0 Å². The third-order valence-electron chi connectivity index (χ3n) is 3.99. The molecule has 0 radical (unpaired) electrons. The third-order valence-corrected chi connectivity index (χ3v) is 4.53. The van der Waals surface area contributed by atoms with Crippen molar-refractivity contribution in [1.29, 1.82) is 0 Å². The molecule has 3 aromatic rings. The molecular weight excluding hydrogens is 411 g/mol. The molecule has 0 fully saturated rings. The molecule has 150 valence electrons. The van der Waals surface area contributed by atoms with Gasteiger partial charge >= 0.3 is 0 Å². The molecule has 5 nitrogen and oxygen atoms in total. The molecule has 0 saturated heterocycles. The molecule has 0 aliphatic rings. The van der Waals surface area contributed by atoms with Gasteiger partial charge in [-0.15, -0.1) is 0 Å². The minimum Gasteiger partial charge on any atom is -0.456 e. The Labute approximate surface area is 179 Å². The zero-order valence-electron chi connectivity index (χ0n) is 15.5. The van der Waals surface area contributed by atoms with Gasteiger partial charge in [0, 0.05) is 10.7 Å². The summed E-state index contributed by atoms with van der Waals surface area (Å²) in [6.07, 6.45) is 0. The first-order chi connectivity index (χ1) is 14.0. The summed E-state index contributed by atoms with van der Waals surface area (Å²) < 4.78 is 11.2. The molecule has 0 bridgehead atoms. The average Bonchev–Trinajstić information content (AvgIpc) is 2.72. The molecule has 0 spiro atoms. The number of hydrogen-bond donors (Lipinski definition) is 2. The second kappa shape index (κ2) is 10.3. The number of carbonyl (C=O) groups excluding carboxylic acids is 1. The molecule has 0 aliphatic carbocycles. The van der Waals surface area contributed by atoms with Crippen molar-refractivity contribution in [2.24, 2.45) is 5.73 Å². The number of amides is 1. The van der Waals surface area contributed by atoms with Crippen LogP contribution in [0.4, 0.5) is 5.69 Å². The van der Waals surface area contributed by atoms with Crippen molar-refractivity contribution in [2.45, 2.75) is 12.6 Å². The van der Waals surface area contributed by atoms with Crippen LogP contribution in [0.1, 0.15) is 5.56 Å².